The van der Waals surface area contributed by atoms with Gasteiger partial charge in [0.05, 0.1) is 17.4 Å². The Balaban J connectivity index is 2.25. The number of rotatable bonds is 2. The Kier molecular flexibility index (Phi) is 2.79. The average molecular weight is 231 g/mol. The van der Waals surface area contributed by atoms with Crippen LogP contribution in [-0.2, 0) is 0 Å². The number of carbonyl (C=O) groups is 1. The summed E-state index contributed by atoms with van der Waals surface area (Å²) >= 11 is 0. The van der Waals surface area contributed by atoms with Gasteiger partial charge in [-0.1, -0.05) is 0 Å². The maximum Gasteiger partial charge on any atom is 0.277 e. The van der Waals surface area contributed by atoms with Crippen molar-refractivity contribution in [3.8, 4) is 6.07 Å². The zero-order chi connectivity index (χ0) is 12.3. The molecule has 0 bridgehead atoms. The highest BCUT2D eigenvalue weighted by molar-refractivity contribution is 6.03. The van der Waals surface area contributed by atoms with Crippen LogP contribution in [-0.4, -0.2) is 21.3 Å². The second kappa shape index (κ2) is 4.40. The summed E-state index contributed by atoms with van der Waals surface area (Å²) in [4.78, 5) is 11.6. The van der Waals surface area contributed by atoms with Gasteiger partial charge in [-0.05, 0) is 18.2 Å². The van der Waals surface area contributed by atoms with Crippen LogP contribution in [0.2, 0.25) is 0 Å². The Morgan fingerprint density at radius 2 is 2.35 bits per heavy atom. The van der Waals surface area contributed by atoms with E-state index in [4.69, 9.17) is 5.26 Å². The molecule has 0 aliphatic rings. The van der Waals surface area contributed by atoms with E-state index in [2.05, 4.69) is 20.7 Å². The molecule has 1 heterocycles. The number of nitrogens with one attached hydrogen (secondary N) is 2. The van der Waals surface area contributed by atoms with Crippen molar-refractivity contribution in [2.75, 3.05) is 5.32 Å². The van der Waals surface area contributed by atoms with Crippen molar-refractivity contribution in [2.45, 2.75) is 0 Å². The number of nitriles is 1. The van der Waals surface area contributed by atoms with Crippen molar-refractivity contribution >= 4 is 11.6 Å². The van der Waals surface area contributed by atoms with E-state index in [9.17, 15) is 9.18 Å². The molecule has 1 amide bonds. The molecule has 0 fully saturated rings. The average Bonchev–Trinajstić information content (AvgIpc) is 2.85. The minimum absolute atomic E-state index is 0.0434. The highest BCUT2D eigenvalue weighted by atomic mass is 19.1. The number of anilines is 1. The molecule has 0 aliphatic heterocycles. The molecule has 7 heteroatoms. The van der Waals surface area contributed by atoms with Gasteiger partial charge in [-0.3, -0.25) is 4.79 Å². The van der Waals surface area contributed by atoms with Crippen LogP contribution < -0.4 is 5.32 Å². The molecule has 17 heavy (non-hydrogen) atoms. The van der Waals surface area contributed by atoms with Gasteiger partial charge in [0.25, 0.3) is 5.91 Å². The van der Waals surface area contributed by atoms with Crippen molar-refractivity contribution in [3.63, 3.8) is 0 Å². The number of nitrogens with zero attached hydrogens (tertiary/aromatic N) is 3. The Hall–Kier alpha value is -2.75. The number of amides is 1. The standard InChI is InChI=1S/C10H6FN5O/c11-7-1-2-8(6(3-7)4-12)14-10(17)9-5-13-16-15-9/h1-3,5H,(H,14,17)(H,13,15,16). The van der Waals surface area contributed by atoms with Gasteiger partial charge in [0.2, 0.25) is 0 Å². The second-order valence-corrected chi connectivity index (χ2v) is 3.11. The fourth-order valence-corrected chi connectivity index (χ4v) is 1.22. The fourth-order valence-electron chi connectivity index (χ4n) is 1.22. The summed E-state index contributed by atoms with van der Waals surface area (Å²) < 4.78 is 12.9. The van der Waals surface area contributed by atoms with Crippen LogP contribution in [0.25, 0.3) is 0 Å². The zero-order valence-electron chi connectivity index (χ0n) is 8.44. The molecule has 0 unspecified atom stereocenters. The Morgan fingerprint density at radius 1 is 1.53 bits per heavy atom. The van der Waals surface area contributed by atoms with E-state index in [-0.39, 0.29) is 16.9 Å². The van der Waals surface area contributed by atoms with Gasteiger partial charge in [0.1, 0.15) is 11.9 Å². The van der Waals surface area contributed by atoms with Crippen LogP contribution in [0.15, 0.2) is 24.4 Å². The Bertz CT molecular complexity index is 587. The molecule has 2 rings (SSSR count). The highest BCUT2D eigenvalue weighted by Crippen LogP contribution is 2.16. The van der Waals surface area contributed by atoms with Crippen LogP contribution in [0, 0.1) is 17.1 Å². The zero-order valence-corrected chi connectivity index (χ0v) is 8.44. The van der Waals surface area contributed by atoms with Gasteiger partial charge in [0.15, 0.2) is 5.69 Å². The maximum atomic E-state index is 12.9. The smallest absolute Gasteiger partial charge is 0.277 e. The quantitative estimate of drug-likeness (QED) is 0.808. The first kappa shape index (κ1) is 10.8. The predicted molar refractivity (Wildman–Crippen MR) is 55.5 cm³/mol. The molecular formula is C10H6FN5O. The van der Waals surface area contributed by atoms with Crippen molar-refractivity contribution in [3.05, 3.63) is 41.5 Å². The Morgan fingerprint density at radius 3 is 3.00 bits per heavy atom. The van der Waals surface area contributed by atoms with E-state index in [1.54, 1.807) is 6.07 Å². The number of aromatic nitrogens is 3. The highest BCUT2D eigenvalue weighted by Gasteiger charge is 2.11. The molecule has 6 nitrogen and oxygen atoms in total. The predicted octanol–water partition coefficient (Wildman–Crippen LogP) is 1.07. The minimum atomic E-state index is -0.541. The molecule has 0 saturated heterocycles. The first-order chi connectivity index (χ1) is 8.20. The Labute approximate surface area is 95.1 Å². The molecule has 0 spiro atoms. The third-order valence-electron chi connectivity index (χ3n) is 2.00. The number of hydrogen-bond acceptors (Lipinski definition) is 4. The largest absolute Gasteiger partial charge is 0.319 e. The lowest BCUT2D eigenvalue weighted by Gasteiger charge is -2.04. The van der Waals surface area contributed by atoms with Crippen LogP contribution in [0.3, 0.4) is 0 Å². The van der Waals surface area contributed by atoms with Gasteiger partial charge >= 0.3 is 0 Å². The molecule has 0 radical (unpaired) electrons. The third kappa shape index (κ3) is 2.26. The number of aromatic amines is 1. The first-order valence-corrected chi connectivity index (χ1v) is 4.57. The summed E-state index contributed by atoms with van der Waals surface area (Å²) in [6, 6.07) is 5.29. The molecule has 1 aromatic carbocycles. The number of H-pyrrole nitrogens is 1. The minimum Gasteiger partial charge on any atom is -0.319 e. The normalized spacial score (nSPS) is 9.65. The lowest BCUT2D eigenvalue weighted by Crippen LogP contribution is -2.13. The topological polar surface area (TPSA) is 94.5 Å². The lowest BCUT2D eigenvalue weighted by atomic mass is 10.2. The van der Waals surface area contributed by atoms with E-state index < -0.39 is 11.7 Å². The van der Waals surface area contributed by atoms with Gasteiger partial charge in [0, 0.05) is 0 Å². The number of hydrogen-bond donors (Lipinski definition) is 2. The molecule has 0 atom stereocenters. The molecule has 2 N–H and O–H groups in total. The molecular weight excluding hydrogens is 225 g/mol. The SMILES string of the molecule is N#Cc1cc(F)ccc1NC(=O)c1cn[nH]n1. The number of benzene rings is 1. The maximum absolute atomic E-state index is 12.9. The van der Waals surface area contributed by atoms with E-state index in [0.29, 0.717) is 0 Å². The van der Waals surface area contributed by atoms with Crippen LogP contribution in [0.5, 0.6) is 0 Å². The molecule has 1 aromatic heterocycles. The first-order valence-electron chi connectivity index (χ1n) is 4.57. The lowest BCUT2D eigenvalue weighted by molar-refractivity contribution is 0.102. The fraction of sp³-hybridized carbons (Fsp3) is 0. The molecule has 2 aromatic rings. The second-order valence-electron chi connectivity index (χ2n) is 3.11. The monoisotopic (exact) mass is 231 g/mol. The van der Waals surface area contributed by atoms with Crippen LogP contribution >= 0.6 is 0 Å². The summed E-state index contributed by atoms with van der Waals surface area (Å²) in [6.07, 6.45) is 1.24. The van der Waals surface area contributed by atoms with E-state index in [0.717, 1.165) is 12.1 Å². The van der Waals surface area contributed by atoms with Crippen molar-refractivity contribution in [1.82, 2.24) is 15.4 Å². The van der Waals surface area contributed by atoms with E-state index in [1.807, 2.05) is 0 Å². The van der Waals surface area contributed by atoms with Gasteiger partial charge in [-0.2, -0.15) is 20.7 Å². The number of carbonyl (C=O) groups excluding carboxylic acids is 1. The van der Waals surface area contributed by atoms with Crippen molar-refractivity contribution in [2.24, 2.45) is 0 Å². The van der Waals surface area contributed by atoms with Crippen molar-refractivity contribution in [1.29, 1.82) is 5.26 Å². The van der Waals surface area contributed by atoms with Crippen molar-refractivity contribution < 1.29 is 9.18 Å². The third-order valence-corrected chi connectivity index (χ3v) is 2.00. The molecule has 0 aliphatic carbocycles. The van der Waals surface area contributed by atoms with E-state index >= 15 is 0 Å². The van der Waals surface area contributed by atoms with Crippen LogP contribution in [0.4, 0.5) is 10.1 Å². The van der Waals surface area contributed by atoms with E-state index in [1.165, 1.54) is 12.3 Å². The van der Waals surface area contributed by atoms with Gasteiger partial charge < -0.3 is 5.32 Å². The summed E-state index contributed by atoms with van der Waals surface area (Å²) in [5.41, 5.74) is 0.349. The molecule has 0 saturated carbocycles. The summed E-state index contributed by atoms with van der Waals surface area (Å²) in [7, 11) is 0. The van der Waals surface area contributed by atoms with Gasteiger partial charge in [-0.25, -0.2) is 4.39 Å². The summed E-state index contributed by atoms with van der Waals surface area (Å²) in [5.74, 6) is -1.07. The molecule has 84 valence electrons. The summed E-state index contributed by atoms with van der Waals surface area (Å²) in [5, 5.41) is 20.6. The van der Waals surface area contributed by atoms with Crippen LogP contribution in [0.1, 0.15) is 16.1 Å². The summed E-state index contributed by atoms with van der Waals surface area (Å²) in [6.45, 7) is 0. The number of halogens is 1. The van der Waals surface area contributed by atoms with Gasteiger partial charge in [-0.15, -0.1) is 0 Å².